The maximum absolute atomic E-state index is 5.43. The van der Waals surface area contributed by atoms with Gasteiger partial charge in [0.25, 0.3) is 0 Å². The van der Waals surface area contributed by atoms with Crippen LogP contribution in [-0.4, -0.2) is 12.1 Å². The summed E-state index contributed by atoms with van der Waals surface area (Å²) in [6.45, 7) is 9.37. The first kappa shape index (κ1) is 14.9. The molecule has 0 saturated carbocycles. The lowest BCUT2D eigenvalue weighted by molar-refractivity contribution is 0.416. The molecule has 0 saturated heterocycles. The molecule has 1 aromatic heterocycles. The molecule has 2 aromatic rings. The van der Waals surface area contributed by atoms with E-state index in [1.807, 2.05) is 13.0 Å². The number of rotatable bonds is 4. The van der Waals surface area contributed by atoms with Gasteiger partial charge >= 0.3 is 0 Å². The zero-order chi connectivity index (χ0) is 14.8. The molecule has 0 unspecified atom stereocenters. The van der Waals surface area contributed by atoms with Crippen LogP contribution in [0.25, 0.3) is 0 Å². The molecule has 0 amide bonds. The Kier molecular flexibility index (Phi) is 4.33. The van der Waals surface area contributed by atoms with Gasteiger partial charge in [0.1, 0.15) is 10.8 Å². The van der Waals surface area contributed by atoms with Crippen molar-refractivity contribution in [3.05, 3.63) is 39.8 Å². The first-order valence-corrected chi connectivity index (χ1v) is 7.61. The van der Waals surface area contributed by atoms with E-state index in [0.29, 0.717) is 0 Å². The fraction of sp³-hybridized carbons (Fsp3) is 0.438. The van der Waals surface area contributed by atoms with E-state index in [9.17, 15) is 0 Å². The van der Waals surface area contributed by atoms with Gasteiger partial charge < -0.3 is 10.1 Å². The number of anilines is 1. The van der Waals surface area contributed by atoms with Gasteiger partial charge in [-0.3, -0.25) is 0 Å². The second-order valence-electron chi connectivity index (χ2n) is 5.90. The van der Waals surface area contributed by atoms with Crippen LogP contribution in [0.5, 0.6) is 5.75 Å². The molecule has 1 aromatic carbocycles. The number of hydrogen-bond donors (Lipinski definition) is 1. The molecule has 0 spiro atoms. The predicted octanol–water partition coefficient (Wildman–Crippen LogP) is 4.37. The fourth-order valence-electron chi connectivity index (χ4n) is 1.97. The Labute approximate surface area is 125 Å². The lowest BCUT2D eigenvalue weighted by Gasteiger charge is -2.21. The second kappa shape index (κ2) is 5.83. The molecule has 3 nitrogen and oxygen atoms in total. The Balaban J connectivity index is 2.20. The van der Waals surface area contributed by atoms with Crippen LogP contribution in [0.15, 0.2) is 23.6 Å². The third-order valence-corrected chi connectivity index (χ3v) is 4.13. The van der Waals surface area contributed by atoms with E-state index in [0.717, 1.165) is 28.7 Å². The summed E-state index contributed by atoms with van der Waals surface area (Å²) in [5, 5.41) is 6.59. The molecule has 0 aliphatic heterocycles. The molecule has 0 radical (unpaired) electrons. The molecule has 108 valence electrons. The van der Waals surface area contributed by atoms with Crippen LogP contribution in [0.3, 0.4) is 0 Å². The van der Waals surface area contributed by atoms with Crippen LogP contribution in [0.2, 0.25) is 0 Å². The van der Waals surface area contributed by atoms with E-state index in [-0.39, 0.29) is 5.41 Å². The summed E-state index contributed by atoms with van der Waals surface area (Å²) < 4.78 is 5.43. The summed E-state index contributed by atoms with van der Waals surface area (Å²) >= 11 is 1.68. The number of nitrogens with zero attached hydrogens (tertiary/aromatic N) is 1. The minimum absolute atomic E-state index is 0.125. The minimum atomic E-state index is 0.125. The summed E-state index contributed by atoms with van der Waals surface area (Å²) in [7, 11) is 1.70. The number of hydrogen-bond acceptors (Lipinski definition) is 4. The lowest BCUT2D eigenvalue weighted by Crippen LogP contribution is -2.12. The fourth-order valence-corrected chi connectivity index (χ4v) is 2.68. The van der Waals surface area contributed by atoms with Crippen LogP contribution in [-0.2, 0) is 12.0 Å². The number of thiazole rings is 1. The molecule has 0 fully saturated rings. The molecule has 0 aliphatic rings. The molecule has 0 atom stereocenters. The second-order valence-corrected chi connectivity index (χ2v) is 6.84. The van der Waals surface area contributed by atoms with E-state index in [1.165, 1.54) is 5.56 Å². The number of benzene rings is 1. The molecule has 4 heteroatoms. The van der Waals surface area contributed by atoms with Crippen molar-refractivity contribution in [1.82, 2.24) is 4.98 Å². The normalized spacial score (nSPS) is 11.4. The van der Waals surface area contributed by atoms with Gasteiger partial charge in [0, 0.05) is 11.1 Å². The molecular formula is C16H22N2OS. The van der Waals surface area contributed by atoms with Crippen molar-refractivity contribution < 1.29 is 4.74 Å². The summed E-state index contributed by atoms with van der Waals surface area (Å²) in [4.78, 5) is 4.47. The standard InChI is InChI=1S/C16H22N2OS/c1-11-10-20-15(18-11)9-17-13-8-12(16(2,3)4)6-7-14(13)19-5/h6-8,10,17H,9H2,1-5H3. The van der Waals surface area contributed by atoms with Crippen LogP contribution in [0, 0.1) is 6.92 Å². The van der Waals surface area contributed by atoms with Crippen LogP contribution in [0.1, 0.15) is 37.0 Å². The summed E-state index contributed by atoms with van der Waals surface area (Å²) in [5.74, 6) is 0.867. The molecule has 0 aliphatic carbocycles. The van der Waals surface area contributed by atoms with Crippen LogP contribution >= 0.6 is 11.3 Å². The van der Waals surface area contributed by atoms with Gasteiger partial charge in [0.2, 0.25) is 0 Å². The SMILES string of the molecule is COc1ccc(C(C)(C)C)cc1NCc1nc(C)cs1. The number of methoxy groups -OCH3 is 1. The van der Waals surface area contributed by atoms with E-state index >= 15 is 0 Å². The monoisotopic (exact) mass is 290 g/mol. The first-order chi connectivity index (χ1) is 9.40. The number of nitrogens with one attached hydrogen (secondary N) is 1. The highest BCUT2D eigenvalue weighted by molar-refractivity contribution is 7.09. The van der Waals surface area contributed by atoms with Gasteiger partial charge in [0.05, 0.1) is 19.3 Å². The van der Waals surface area contributed by atoms with Gasteiger partial charge in [-0.05, 0) is 30.0 Å². The number of ether oxygens (including phenoxy) is 1. The Hall–Kier alpha value is -1.55. The van der Waals surface area contributed by atoms with Crippen LogP contribution < -0.4 is 10.1 Å². The van der Waals surface area contributed by atoms with Gasteiger partial charge in [-0.2, -0.15) is 0 Å². The molecule has 1 heterocycles. The van der Waals surface area contributed by atoms with Crippen molar-refractivity contribution in [3.63, 3.8) is 0 Å². The highest BCUT2D eigenvalue weighted by atomic mass is 32.1. The molecular weight excluding hydrogens is 268 g/mol. The lowest BCUT2D eigenvalue weighted by atomic mass is 9.87. The average Bonchev–Trinajstić information content (AvgIpc) is 2.80. The number of aryl methyl sites for hydroxylation is 1. The molecule has 20 heavy (non-hydrogen) atoms. The molecule has 1 N–H and O–H groups in total. The Morgan fingerprint density at radius 2 is 2.05 bits per heavy atom. The predicted molar refractivity (Wildman–Crippen MR) is 85.9 cm³/mol. The Morgan fingerprint density at radius 1 is 1.30 bits per heavy atom. The third kappa shape index (κ3) is 3.51. The topological polar surface area (TPSA) is 34.1 Å². The molecule has 0 bridgehead atoms. The first-order valence-electron chi connectivity index (χ1n) is 6.73. The van der Waals surface area contributed by atoms with Gasteiger partial charge in [-0.25, -0.2) is 4.98 Å². The van der Waals surface area contributed by atoms with Crippen molar-refractivity contribution >= 4 is 17.0 Å². The Morgan fingerprint density at radius 3 is 2.60 bits per heavy atom. The van der Waals surface area contributed by atoms with E-state index in [1.54, 1.807) is 18.4 Å². The summed E-state index contributed by atoms with van der Waals surface area (Å²) in [6.07, 6.45) is 0. The average molecular weight is 290 g/mol. The van der Waals surface area contributed by atoms with Crippen molar-refractivity contribution in [3.8, 4) is 5.75 Å². The maximum Gasteiger partial charge on any atom is 0.141 e. The Bertz CT molecular complexity index is 584. The van der Waals surface area contributed by atoms with Crippen molar-refractivity contribution in [2.24, 2.45) is 0 Å². The van der Waals surface area contributed by atoms with E-state index in [2.05, 4.69) is 48.6 Å². The van der Waals surface area contributed by atoms with Crippen LogP contribution in [0.4, 0.5) is 5.69 Å². The van der Waals surface area contributed by atoms with E-state index < -0.39 is 0 Å². The van der Waals surface area contributed by atoms with Gasteiger partial charge in [0.15, 0.2) is 0 Å². The highest BCUT2D eigenvalue weighted by Crippen LogP contribution is 2.31. The zero-order valence-electron chi connectivity index (χ0n) is 12.8. The number of aromatic nitrogens is 1. The quantitative estimate of drug-likeness (QED) is 0.908. The van der Waals surface area contributed by atoms with Crippen molar-refractivity contribution in [2.75, 3.05) is 12.4 Å². The van der Waals surface area contributed by atoms with E-state index in [4.69, 9.17) is 4.74 Å². The third-order valence-electron chi connectivity index (χ3n) is 3.16. The maximum atomic E-state index is 5.43. The zero-order valence-corrected chi connectivity index (χ0v) is 13.6. The minimum Gasteiger partial charge on any atom is -0.495 e. The van der Waals surface area contributed by atoms with Crippen molar-refractivity contribution in [1.29, 1.82) is 0 Å². The summed E-state index contributed by atoms with van der Waals surface area (Å²) in [5.41, 5.74) is 3.51. The largest absolute Gasteiger partial charge is 0.495 e. The van der Waals surface area contributed by atoms with Gasteiger partial charge in [-0.15, -0.1) is 11.3 Å². The highest BCUT2D eigenvalue weighted by Gasteiger charge is 2.16. The van der Waals surface area contributed by atoms with Crippen molar-refractivity contribution in [2.45, 2.75) is 39.7 Å². The molecule has 2 rings (SSSR count). The smallest absolute Gasteiger partial charge is 0.141 e. The van der Waals surface area contributed by atoms with Gasteiger partial charge in [-0.1, -0.05) is 26.8 Å². The summed E-state index contributed by atoms with van der Waals surface area (Å²) in [6, 6.07) is 6.31.